The Labute approximate surface area is 120 Å². The standard InChI is InChI=1S/C15H23NO4/c1-3-4-6-18-7-5-16-10-12-8-13(17-2)15-14(9-12)19-11-20-15/h8-9,16H,3-7,10-11H2,1-2H3. The summed E-state index contributed by atoms with van der Waals surface area (Å²) in [4.78, 5) is 0. The van der Waals surface area contributed by atoms with Crippen LogP contribution in [0.15, 0.2) is 12.1 Å². The van der Waals surface area contributed by atoms with Crippen LogP contribution < -0.4 is 19.5 Å². The van der Waals surface area contributed by atoms with Gasteiger partial charge in [0.2, 0.25) is 12.5 Å². The van der Waals surface area contributed by atoms with Gasteiger partial charge in [0.15, 0.2) is 11.5 Å². The molecule has 0 bridgehead atoms. The van der Waals surface area contributed by atoms with E-state index in [1.54, 1.807) is 7.11 Å². The Bertz CT molecular complexity index is 423. The summed E-state index contributed by atoms with van der Waals surface area (Å²) < 4.78 is 21.6. The second-order valence-corrected chi connectivity index (χ2v) is 4.67. The van der Waals surface area contributed by atoms with Crippen LogP contribution in [0.4, 0.5) is 0 Å². The molecular weight excluding hydrogens is 258 g/mol. The first kappa shape index (κ1) is 14.9. The third kappa shape index (κ3) is 4.02. The fourth-order valence-electron chi connectivity index (χ4n) is 2.01. The molecule has 0 aromatic heterocycles. The first-order chi connectivity index (χ1) is 9.85. The molecule has 1 heterocycles. The van der Waals surface area contributed by atoms with Crippen molar-refractivity contribution in [2.45, 2.75) is 26.3 Å². The number of unbranched alkanes of at least 4 members (excludes halogenated alkanes) is 1. The van der Waals surface area contributed by atoms with Crippen molar-refractivity contribution in [3.63, 3.8) is 0 Å². The number of fused-ring (bicyclic) bond motifs is 1. The Morgan fingerprint density at radius 3 is 2.95 bits per heavy atom. The highest BCUT2D eigenvalue weighted by Gasteiger charge is 2.19. The van der Waals surface area contributed by atoms with Gasteiger partial charge in [-0.15, -0.1) is 0 Å². The molecule has 0 unspecified atom stereocenters. The summed E-state index contributed by atoms with van der Waals surface area (Å²) in [5, 5.41) is 3.34. The van der Waals surface area contributed by atoms with Gasteiger partial charge in [0.25, 0.3) is 0 Å². The van der Waals surface area contributed by atoms with Gasteiger partial charge < -0.3 is 24.3 Å². The van der Waals surface area contributed by atoms with E-state index < -0.39 is 0 Å². The van der Waals surface area contributed by atoms with Crippen molar-refractivity contribution in [1.82, 2.24) is 5.32 Å². The average molecular weight is 281 g/mol. The summed E-state index contributed by atoms with van der Waals surface area (Å²) in [5.41, 5.74) is 1.11. The number of benzene rings is 1. The Balaban J connectivity index is 1.76. The minimum absolute atomic E-state index is 0.258. The minimum atomic E-state index is 0.258. The van der Waals surface area contributed by atoms with Gasteiger partial charge in [-0.3, -0.25) is 0 Å². The zero-order valence-corrected chi connectivity index (χ0v) is 12.2. The van der Waals surface area contributed by atoms with Crippen molar-refractivity contribution in [1.29, 1.82) is 0 Å². The van der Waals surface area contributed by atoms with E-state index in [0.29, 0.717) is 5.75 Å². The molecule has 0 aliphatic carbocycles. The topological polar surface area (TPSA) is 49.0 Å². The molecule has 0 fully saturated rings. The fourth-order valence-corrected chi connectivity index (χ4v) is 2.01. The molecule has 1 aromatic rings. The van der Waals surface area contributed by atoms with Crippen LogP contribution in [0.2, 0.25) is 0 Å². The highest BCUT2D eigenvalue weighted by molar-refractivity contribution is 5.55. The second-order valence-electron chi connectivity index (χ2n) is 4.67. The minimum Gasteiger partial charge on any atom is -0.493 e. The lowest BCUT2D eigenvalue weighted by atomic mass is 10.2. The molecule has 5 nitrogen and oxygen atoms in total. The third-order valence-corrected chi connectivity index (χ3v) is 3.11. The maximum Gasteiger partial charge on any atom is 0.231 e. The Morgan fingerprint density at radius 2 is 2.15 bits per heavy atom. The highest BCUT2D eigenvalue weighted by Crippen LogP contribution is 2.41. The van der Waals surface area contributed by atoms with Crippen LogP contribution >= 0.6 is 0 Å². The molecule has 1 N–H and O–H groups in total. The first-order valence-corrected chi connectivity index (χ1v) is 7.10. The van der Waals surface area contributed by atoms with E-state index in [-0.39, 0.29) is 6.79 Å². The Hall–Kier alpha value is -1.46. The molecule has 0 radical (unpaired) electrons. The van der Waals surface area contributed by atoms with E-state index in [9.17, 15) is 0 Å². The van der Waals surface area contributed by atoms with Gasteiger partial charge in [-0.2, -0.15) is 0 Å². The zero-order chi connectivity index (χ0) is 14.2. The molecule has 0 saturated carbocycles. The Kier molecular flexibility index (Phi) is 5.95. The lowest BCUT2D eigenvalue weighted by Crippen LogP contribution is -2.19. The van der Waals surface area contributed by atoms with Gasteiger partial charge in [0.05, 0.1) is 13.7 Å². The van der Waals surface area contributed by atoms with Crippen LogP contribution in [0.3, 0.4) is 0 Å². The highest BCUT2D eigenvalue weighted by atomic mass is 16.7. The van der Waals surface area contributed by atoms with E-state index in [0.717, 1.165) is 49.8 Å². The van der Waals surface area contributed by atoms with Gasteiger partial charge in [-0.1, -0.05) is 13.3 Å². The number of rotatable bonds is 9. The molecule has 0 saturated heterocycles. The van der Waals surface area contributed by atoms with Crippen LogP contribution in [0, 0.1) is 0 Å². The molecule has 112 valence electrons. The normalized spacial score (nSPS) is 12.7. The van der Waals surface area contributed by atoms with Crippen LogP contribution in [0.25, 0.3) is 0 Å². The summed E-state index contributed by atoms with van der Waals surface area (Å²) in [5.74, 6) is 2.16. The van der Waals surface area contributed by atoms with E-state index in [2.05, 4.69) is 12.2 Å². The molecule has 0 atom stereocenters. The van der Waals surface area contributed by atoms with E-state index in [1.807, 2.05) is 12.1 Å². The molecule has 1 aliphatic rings. The number of hydrogen-bond acceptors (Lipinski definition) is 5. The van der Waals surface area contributed by atoms with Gasteiger partial charge in [0.1, 0.15) is 0 Å². The molecule has 20 heavy (non-hydrogen) atoms. The van der Waals surface area contributed by atoms with E-state index in [4.69, 9.17) is 18.9 Å². The largest absolute Gasteiger partial charge is 0.493 e. The van der Waals surface area contributed by atoms with Crippen LogP contribution in [-0.2, 0) is 11.3 Å². The van der Waals surface area contributed by atoms with Crippen molar-refractivity contribution in [3.05, 3.63) is 17.7 Å². The first-order valence-electron chi connectivity index (χ1n) is 7.10. The second kappa shape index (κ2) is 7.97. The number of methoxy groups -OCH3 is 1. The quantitative estimate of drug-likeness (QED) is 0.704. The van der Waals surface area contributed by atoms with Crippen molar-refractivity contribution in [3.8, 4) is 17.2 Å². The molecule has 2 rings (SSSR count). The number of nitrogens with one attached hydrogen (secondary N) is 1. The lowest BCUT2D eigenvalue weighted by molar-refractivity contribution is 0.133. The average Bonchev–Trinajstić information content (AvgIpc) is 2.93. The Morgan fingerprint density at radius 1 is 1.25 bits per heavy atom. The molecule has 5 heteroatoms. The lowest BCUT2D eigenvalue weighted by Gasteiger charge is -2.09. The maximum atomic E-state index is 5.50. The van der Waals surface area contributed by atoms with Gasteiger partial charge in [-0.05, 0) is 24.1 Å². The van der Waals surface area contributed by atoms with Crippen molar-refractivity contribution in [2.75, 3.05) is 33.7 Å². The van der Waals surface area contributed by atoms with Crippen molar-refractivity contribution < 1.29 is 18.9 Å². The summed E-state index contributed by atoms with van der Waals surface area (Å²) >= 11 is 0. The molecule has 0 amide bonds. The molecule has 0 spiro atoms. The van der Waals surface area contributed by atoms with E-state index in [1.165, 1.54) is 6.42 Å². The summed E-state index contributed by atoms with van der Waals surface area (Å²) in [6.45, 7) is 5.59. The van der Waals surface area contributed by atoms with E-state index >= 15 is 0 Å². The van der Waals surface area contributed by atoms with Gasteiger partial charge in [0, 0.05) is 19.7 Å². The summed E-state index contributed by atoms with van der Waals surface area (Å²) in [6, 6.07) is 3.95. The summed E-state index contributed by atoms with van der Waals surface area (Å²) in [6.07, 6.45) is 2.30. The smallest absolute Gasteiger partial charge is 0.231 e. The predicted octanol–water partition coefficient (Wildman–Crippen LogP) is 2.33. The van der Waals surface area contributed by atoms with Crippen molar-refractivity contribution in [2.24, 2.45) is 0 Å². The molecule has 1 aromatic carbocycles. The maximum absolute atomic E-state index is 5.50. The molecular formula is C15H23NO4. The summed E-state index contributed by atoms with van der Waals surface area (Å²) in [7, 11) is 1.63. The third-order valence-electron chi connectivity index (χ3n) is 3.11. The number of hydrogen-bond donors (Lipinski definition) is 1. The van der Waals surface area contributed by atoms with Crippen LogP contribution in [0.1, 0.15) is 25.3 Å². The zero-order valence-electron chi connectivity index (χ0n) is 12.2. The van der Waals surface area contributed by atoms with Gasteiger partial charge in [-0.25, -0.2) is 0 Å². The van der Waals surface area contributed by atoms with Crippen LogP contribution in [-0.4, -0.2) is 33.7 Å². The van der Waals surface area contributed by atoms with Gasteiger partial charge >= 0.3 is 0 Å². The van der Waals surface area contributed by atoms with Crippen molar-refractivity contribution >= 4 is 0 Å². The monoisotopic (exact) mass is 281 g/mol. The number of ether oxygens (including phenoxy) is 4. The van der Waals surface area contributed by atoms with Crippen LogP contribution in [0.5, 0.6) is 17.2 Å². The predicted molar refractivity (Wildman–Crippen MR) is 76.6 cm³/mol. The SMILES string of the molecule is CCCCOCCNCc1cc(OC)c2c(c1)OCO2. The molecule has 1 aliphatic heterocycles. The fraction of sp³-hybridized carbons (Fsp3) is 0.600.